The number of ether oxygens (including phenoxy) is 1. The highest BCUT2D eigenvalue weighted by Crippen LogP contribution is 2.35. The van der Waals surface area contributed by atoms with E-state index in [1.165, 1.54) is 0 Å². The third-order valence-electron chi connectivity index (χ3n) is 3.25. The summed E-state index contributed by atoms with van der Waals surface area (Å²) < 4.78 is 7.46. The molecule has 4 nitrogen and oxygen atoms in total. The van der Waals surface area contributed by atoms with Crippen molar-refractivity contribution in [2.75, 3.05) is 7.11 Å². The summed E-state index contributed by atoms with van der Waals surface area (Å²) in [6.45, 7) is 4.22. The van der Waals surface area contributed by atoms with Gasteiger partial charge in [-0.3, -0.25) is 4.57 Å². The summed E-state index contributed by atoms with van der Waals surface area (Å²) >= 11 is 6.11. The first-order valence-corrected chi connectivity index (χ1v) is 6.14. The molecule has 1 fully saturated rings. The summed E-state index contributed by atoms with van der Waals surface area (Å²) in [5, 5.41) is 8.63. The Kier molecular flexibility index (Phi) is 3.50. The second-order valence-corrected chi connectivity index (χ2v) is 5.01. The summed E-state index contributed by atoms with van der Waals surface area (Å²) in [4.78, 5) is 0. The molecular weight excluding hydrogens is 226 g/mol. The fourth-order valence-corrected chi connectivity index (χ4v) is 2.64. The van der Waals surface area contributed by atoms with Crippen molar-refractivity contribution in [3.8, 4) is 0 Å². The number of hydrogen-bond acceptors (Lipinski definition) is 3. The third-order valence-corrected chi connectivity index (χ3v) is 3.51. The lowest BCUT2D eigenvalue weighted by Gasteiger charge is -2.17. The van der Waals surface area contributed by atoms with Gasteiger partial charge in [-0.05, 0) is 30.9 Å². The Labute approximate surface area is 101 Å². The van der Waals surface area contributed by atoms with Crippen molar-refractivity contribution in [2.24, 2.45) is 0 Å². The smallest absolute Gasteiger partial charge is 0.225 e. The van der Waals surface area contributed by atoms with Crippen molar-refractivity contribution in [3.05, 3.63) is 11.1 Å². The first kappa shape index (κ1) is 11.9. The maximum absolute atomic E-state index is 6.11. The van der Waals surface area contributed by atoms with Crippen LogP contribution in [-0.2, 0) is 4.74 Å². The minimum Gasteiger partial charge on any atom is -0.381 e. The largest absolute Gasteiger partial charge is 0.381 e. The van der Waals surface area contributed by atoms with E-state index in [1.54, 1.807) is 7.11 Å². The van der Waals surface area contributed by atoms with Gasteiger partial charge in [0.2, 0.25) is 5.28 Å². The summed E-state index contributed by atoms with van der Waals surface area (Å²) in [5.74, 6) is 1.33. The molecule has 1 heterocycles. The minimum atomic E-state index is 0.349. The Hall–Kier alpha value is -0.610. The van der Waals surface area contributed by atoms with Crippen LogP contribution in [0.15, 0.2) is 0 Å². The van der Waals surface area contributed by atoms with E-state index in [4.69, 9.17) is 16.3 Å². The topological polar surface area (TPSA) is 39.9 Å². The molecule has 16 heavy (non-hydrogen) atoms. The lowest BCUT2D eigenvalue weighted by atomic mass is 10.2. The first-order chi connectivity index (χ1) is 7.63. The monoisotopic (exact) mass is 243 g/mol. The molecule has 5 heteroatoms. The number of hydrogen-bond donors (Lipinski definition) is 0. The van der Waals surface area contributed by atoms with Crippen molar-refractivity contribution < 1.29 is 4.74 Å². The van der Waals surface area contributed by atoms with Crippen LogP contribution in [0, 0.1) is 0 Å². The van der Waals surface area contributed by atoms with Crippen LogP contribution in [0.2, 0.25) is 5.28 Å². The van der Waals surface area contributed by atoms with E-state index >= 15 is 0 Å². The molecule has 2 unspecified atom stereocenters. The molecule has 0 aromatic carbocycles. The van der Waals surface area contributed by atoms with E-state index in [2.05, 4.69) is 28.6 Å². The minimum absolute atomic E-state index is 0.349. The van der Waals surface area contributed by atoms with Crippen LogP contribution in [0.4, 0.5) is 0 Å². The number of aromatic nitrogens is 3. The van der Waals surface area contributed by atoms with Crippen molar-refractivity contribution in [3.63, 3.8) is 0 Å². The zero-order chi connectivity index (χ0) is 11.7. The molecular formula is C11H18ClN3O. The van der Waals surface area contributed by atoms with Gasteiger partial charge >= 0.3 is 0 Å². The van der Waals surface area contributed by atoms with Crippen molar-refractivity contribution >= 4 is 11.6 Å². The summed E-state index contributed by atoms with van der Waals surface area (Å²) in [5.41, 5.74) is 0. The highest BCUT2D eigenvalue weighted by atomic mass is 35.5. The maximum atomic E-state index is 6.11. The summed E-state index contributed by atoms with van der Waals surface area (Å²) in [7, 11) is 1.77. The zero-order valence-electron chi connectivity index (χ0n) is 9.98. The predicted molar refractivity (Wildman–Crippen MR) is 62.8 cm³/mol. The average molecular weight is 244 g/mol. The second-order valence-electron chi connectivity index (χ2n) is 4.68. The Morgan fingerprint density at radius 1 is 1.38 bits per heavy atom. The highest BCUT2D eigenvalue weighted by molar-refractivity contribution is 6.28. The van der Waals surface area contributed by atoms with Gasteiger partial charge in [0.1, 0.15) is 5.82 Å². The van der Waals surface area contributed by atoms with E-state index in [1.807, 2.05) is 0 Å². The highest BCUT2D eigenvalue weighted by Gasteiger charge is 2.29. The fraction of sp³-hybridized carbons (Fsp3) is 0.818. The molecule has 0 bridgehead atoms. The molecule has 1 saturated carbocycles. The molecule has 0 N–H and O–H groups in total. The van der Waals surface area contributed by atoms with E-state index < -0.39 is 0 Å². The van der Waals surface area contributed by atoms with Gasteiger partial charge in [-0.25, -0.2) is 0 Å². The number of halogens is 1. The quantitative estimate of drug-likeness (QED) is 0.820. The molecule has 2 rings (SSSR count). The molecule has 0 radical (unpaired) electrons. The maximum Gasteiger partial charge on any atom is 0.225 e. The molecule has 2 atom stereocenters. The van der Waals surface area contributed by atoms with Crippen LogP contribution >= 0.6 is 11.6 Å². The molecule has 1 aliphatic rings. The van der Waals surface area contributed by atoms with Crippen LogP contribution in [0.5, 0.6) is 0 Å². The molecule has 0 saturated heterocycles. The van der Waals surface area contributed by atoms with Gasteiger partial charge in [0.15, 0.2) is 0 Å². The van der Waals surface area contributed by atoms with Gasteiger partial charge in [0.05, 0.1) is 6.10 Å². The second kappa shape index (κ2) is 4.72. The van der Waals surface area contributed by atoms with Gasteiger partial charge in [-0.2, -0.15) is 0 Å². The van der Waals surface area contributed by atoms with Crippen LogP contribution in [-0.4, -0.2) is 28.0 Å². The molecule has 1 aliphatic carbocycles. The van der Waals surface area contributed by atoms with Gasteiger partial charge < -0.3 is 4.74 Å². The molecule has 0 aliphatic heterocycles. The van der Waals surface area contributed by atoms with E-state index in [9.17, 15) is 0 Å². The van der Waals surface area contributed by atoms with Crippen LogP contribution < -0.4 is 0 Å². The third kappa shape index (κ3) is 2.09. The number of methoxy groups -OCH3 is 1. The number of rotatable bonds is 3. The van der Waals surface area contributed by atoms with Crippen molar-refractivity contribution in [1.29, 1.82) is 0 Å². The predicted octanol–water partition coefficient (Wildman–Crippen LogP) is 2.79. The van der Waals surface area contributed by atoms with Gasteiger partial charge in [-0.1, -0.05) is 13.8 Å². The van der Waals surface area contributed by atoms with Gasteiger partial charge in [0, 0.05) is 19.1 Å². The Morgan fingerprint density at radius 3 is 2.69 bits per heavy atom. The fourth-order valence-electron chi connectivity index (χ4n) is 2.38. The van der Waals surface area contributed by atoms with Crippen LogP contribution in [0.25, 0.3) is 0 Å². The lowest BCUT2D eigenvalue weighted by molar-refractivity contribution is 0.105. The summed E-state index contributed by atoms with van der Waals surface area (Å²) in [6, 6.07) is 0.393. The Bertz CT molecular complexity index is 364. The summed E-state index contributed by atoms with van der Waals surface area (Å²) in [6.07, 6.45) is 3.54. The van der Waals surface area contributed by atoms with Gasteiger partial charge in [-0.15, -0.1) is 10.2 Å². The Balaban J connectivity index is 2.23. The van der Waals surface area contributed by atoms with Gasteiger partial charge in [0.25, 0.3) is 0 Å². The molecule has 1 aromatic rings. The average Bonchev–Trinajstić information content (AvgIpc) is 2.83. The standard InChI is InChI=1S/C11H18ClN3O/c1-7(2)10-13-14-11(12)15(10)8-4-5-9(6-8)16-3/h7-9H,4-6H2,1-3H3. The number of nitrogens with zero attached hydrogens (tertiary/aromatic N) is 3. The normalized spacial score (nSPS) is 25.6. The SMILES string of the molecule is COC1CCC(n2c(Cl)nnc2C(C)C)C1. The van der Waals surface area contributed by atoms with Crippen molar-refractivity contribution in [2.45, 2.75) is 51.2 Å². The molecule has 1 aromatic heterocycles. The van der Waals surface area contributed by atoms with Crippen LogP contribution in [0.3, 0.4) is 0 Å². The Morgan fingerprint density at radius 2 is 2.12 bits per heavy atom. The molecule has 90 valence electrons. The van der Waals surface area contributed by atoms with Crippen LogP contribution in [0.1, 0.15) is 50.9 Å². The zero-order valence-corrected chi connectivity index (χ0v) is 10.7. The van der Waals surface area contributed by atoms with Crippen molar-refractivity contribution in [1.82, 2.24) is 14.8 Å². The molecule has 0 spiro atoms. The van der Waals surface area contributed by atoms with E-state index in [0.29, 0.717) is 23.3 Å². The van der Waals surface area contributed by atoms with E-state index in [0.717, 1.165) is 25.1 Å². The molecule has 0 amide bonds. The van der Waals surface area contributed by atoms with E-state index in [-0.39, 0.29) is 0 Å². The lowest BCUT2D eigenvalue weighted by Crippen LogP contribution is -2.13. The first-order valence-electron chi connectivity index (χ1n) is 5.76.